The molecular formula is C21H28N4O4. The van der Waals surface area contributed by atoms with Gasteiger partial charge in [-0.15, -0.1) is 0 Å². The maximum absolute atomic E-state index is 12.9. The van der Waals surface area contributed by atoms with Crippen molar-refractivity contribution in [2.24, 2.45) is 0 Å². The lowest BCUT2D eigenvalue weighted by Gasteiger charge is -2.37. The fraction of sp³-hybridized carbons (Fsp3) is 0.571. The molecule has 2 aliphatic rings. The predicted octanol–water partition coefficient (Wildman–Crippen LogP) is 2.94. The van der Waals surface area contributed by atoms with Crippen molar-refractivity contribution in [3.63, 3.8) is 0 Å². The maximum Gasteiger partial charge on any atom is 0.410 e. The summed E-state index contributed by atoms with van der Waals surface area (Å²) in [4.78, 5) is 28.8. The molecule has 3 heterocycles. The fourth-order valence-electron chi connectivity index (χ4n) is 3.99. The highest BCUT2D eigenvalue weighted by Gasteiger charge is 2.39. The summed E-state index contributed by atoms with van der Waals surface area (Å²) in [5.74, 6) is 0.715. The lowest BCUT2D eigenvalue weighted by Crippen LogP contribution is -2.49. The van der Waals surface area contributed by atoms with Crippen LogP contribution in [-0.4, -0.2) is 69.4 Å². The van der Waals surface area contributed by atoms with Crippen LogP contribution >= 0.6 is 0 Å². The van der Waals surface area contributed by atoms with Crippen molar-refractivity contribution >= 4 is 22.9 Å². The van der Waals surface area contributed by atoms with Gasteiger partial charge in [0, 0.05) is 37.5 Å². The SMILES string of the molecule is CC(C)(C)OC(=O)N1CCC(N2CC[C@H](Oc3ccc4[nH]ncc4c3)C2=O)CC1. The molecule has 2 saturated heterocycles. The van der Waals surface area contributed by atoms with Crippen LogP contribution in [-0.2, 0) is 9.53 Å². The highest BCUT2D eigenvalue weighted by atomic mass is 16.6. The topological polar surface area (TPSA) is 87.8 Å². The molecule has 2 amide bonds. The van der Waals surface area contributed by atoms with Gasteiger partial charge in [0.2, 0.25) is 0 Å². The lowest BCUT2D eigenvalue weighted by atomic mass is 10.0. The molecule has 0 bridgehead atoms. The second-order valence-electron chi connectivity index (χ2n) is 8.74. The Morgan fingerprint density at radius 1 is 1.17 bits per heavy atom. The average Bonchev–Trinajstić information content (AvgIpc) is 3.27. The van der Waals surface area contributed by atoms with Gasteiger partial charge in [0.25, 0.3) is 5.91 Å². The van der Waals surface area contributed by atoms with E-state index in [1.807, 2.05) is 43.9 Å². The highest BCUT2D eigenvalue weighted by Crippen LogP contribution is 2.27. The van der Waals surface area contributed by atoms with Gasteiger partial charge in [0.15, 0.2) is 6.10 Å². The van der Waals surface area contributed by atoms with Crippen LogP contribution in [0.1, 0.15) is 40.0 Å². The molecule has 2 fully saturated rings. The first-order chi connectivity index (χ1) is 13.8. The van der Waals surface area contributed by atoms with E-state index in [4.69, 9.17) is 9.47 Å². The number of nitrogens with zero attached hydrogens (tertiary/aromatic N) is 3. The molecule has 4 rings (SSSR count). The zero-order valence-electron chi connectivity index (χ0n) is 17.2. The predicted molar refractivity (Wildman–Crippen MR) is 108 cm³/mol. The Morgan fingerprint density at radius 3 is 2.66 bits per heavy atom. The van der Waals surface area contributed by atoms with Gasteiger partial charge in [-0.05, 0) is 51.8 Å². The van der Waals surface area contributed by atoms with E-state index in [2.05, 4.69) is 10.2 Å². The summed E-state index contributed by atoms with van der Waals surface area (Å²) in [5, 5.41) is 7.87. The van der Waals surface area contributed by atoms with Gasteiger partial charge in [-0.1, -0.05) is 0 Å². The Hall–Kier alpha value is -2.77. The number of fused-ring (bicyclic) bond motifs is 1. The quantitative estimate of drug-likeness (QED) is 0.856. The van der Waals surface area contributed by atoms with Crippen LogP contribution in [0.25, 0.3) is 10.9 Å². The minimum Gasteiger partial charge on any atom is -0.481 e. The first kappa shape index (κ1) is 19.5. The van der Waals surface area contributed by atoms with Gasteiger partial charge in [-0.25, -0.2) is 4.79 Å². The molecule has 2 aliphatic heterocycles. The largest absolute Gasteiger partial charge is 0.481 e. The van der Waals surface area contributed by atoms with E-state index < -0.39 is 11.7 Å². The zero-order valence-corrected chi connectivity index (χ0v) is 17.2. The van der Waals surface area contributed by atoms with Crippen molar-refractivity contribution in [2.45, 2.75) is 57.8 Å². The van der Waals surface area contributed by atoms with Crippen LogP contribution in [0.3, 0.4) is 0 Å². The zero-order chi connectivity index (χ0) is 20.6. The first-order valence-electron chi connectivity index (χ1n) is 10.2. The van der Waals surface area contributed by atoms with Gasteiger partial charge in [-0.3, -0.25) is 9.89 Å². The van der Waals surface area contributed by atoms with Crippen LogP contribution in [0, 0.1) is 0 Å². The summed E-state index contributed by atoms with van der Waals surface area (Å²) >= 11 is 0. The Labute approximate surface area is 170 Å². The second kappa shape index (κ2) is 7.57. The number of nitrogens with one attached hydrogen (secondary N) is 1. The third-order valence-corrected chi connectivity index (χ3v) is 5.44. The maximum atomic E-state index is 12.9. The second-order valence-corrected chi connectivity index (χ2v) is 8.74. The normalized spacial score (nSPS) is 21.1. The molecule has 0 radical (unpaired) electrons. The van der Waals surface area contributed by atoms with Crippen LogP contribution in [0.2, 0.25) is 0 Å². The van der Waals surface area contributed by atoms with Crippen molar-refractivity contribution in [1.29, 1.82) is 0 Å². The van der Waals surface area contributed by atoms with E-state index in [-0.39, 0.29) is 18.0 Å². The summed E-state index contributed by atoms with van der Waals surface area (Å²) in [7, 11) is 0. The van der Waals surface area contributed by atoms with E-state index in [1.54, 1.807) is 11.1 Å². The number of benzene rings is 1. The Kier molecular flexibility index (Phi) is 5.10. The van der Waals surface area contributed by atoms with Crippen LogP contribution < -0.4 is 4.74 Å². The molecule has 1 aromatic carbocycles. The third kappa shape index (κ3) is 4.31. The summed E-state index contributed by atoms with van der Waals surface area (Å²) in [6.45, 7) is 7.49. The van der Waals surface area contributed by atoms with Gasteiger partial charge in [0.1, 0.15) is 11.4 Å². The van der Waals surface area contributed by atoms with Crippen LogP contribution in [0.4, 0.5) is 4.79 Å². The Balaban J connectivity index is 1.32. The molecule has 29 heavy (non-hydrogen) atoms. The number of aromatic amines is 1. The van der Waals surface area contributed by atoms with Crippen molar-refractivity contribution in [3.8, 4) is 5.75 Å². The van der Waals surface area contributed by atoms with Gasteiger partial charge < -0.3 is 19.3 Å². The molecule has 1 aromatic heterocycles. The highest BCUT2D eigenvalue weighted by molar-refractivity contribution is 5.84. The number of piperidine rings is 1. The molecule has 8 heteroatoms. The molecule has 0 spiro atoms. The number of ether oxygens (including phenoxy) is 2. The number of likely N-dealkylation sites (tertiary alicyclic amines) is 2. The number of hydrogen-bond donors (Lipinski definition) is 1. The molecule has 156 valence electrons. The number of aromatic nitrogens is 2. The summed E-state index contributed by atoms with van der Waals surface area (Å²) in [6, 6.07) is 5.80. The van der Waals surface area contributed by atoms with Crippen molar-refractivity contribution in [1.82, 2.24) is 20.0 Å². The molecular weight excluding hydrogens is 372 g/mol. The Morgan fingerprint density at radius 2 is 1.93 bits per heavy atom. The minimum atomic E-state index is -0.497. The van der Waals surface area contributed by atoms with E-state index in [1.165, 1.54) is 0 Å². The number of amides is 2. The number of H-pyrrole nitrogens is 1. The molecule has 0 aliphatic carbocycles. The summed E-state index contributed by atoms with van der Waals surface area (Å²) in [5.41, 5.74) is 0.441. The molecule has 8 nitrogen and oxygen atoms in total. The Bertz CT molecular complexity index is 895. The third-order valence-electron chi connectivity index (χ3n) is 5.44. The molecule has 1 N–H and O–H groups in total. The average molecular weight is 400 g/mol. The number of carbonyl (C=O) groups excluding carboxylic acids is 2. The van der Waals surface area contributed by atoms with E-state index in [0.29, 0.717) is 31.8 Å². The first-order valence-corrected chi connectivity index (χ1v) is 10.2. The molecule has 1 atom stereocenters. The van der Waals surface area contributed by atoms with Gasteiger partial charge >= 0.3 is 6.09 Å². The van der Waals surface area contributed by atoms with Gasteiger partial charge in [-0.2, -0.15) is 5.10 Å². The summed E-state index contributed by atoms with van der Waals surface area (Å²) in [6.07, 6.45) is 3.21. The van der Waals surface area contributed by atoms with E-state index >= 15 is 0 Å². The lowest BCUT2D eigenvalue weighted by molar-refractivity contribution is -0.136. The van der Waals surface area contributed by atoms with Crippen LogP contribution in [0.15, 0.2) is 24.4 Å². The van der Waals surface area contributed by atoms with Crippen LogP contribution in [0.5, 0.6) is 5.75 Å². The number of carbonyl (C=O) groups is 2. The minimum absolute atomic E-state index is 0.0352. The van der Waals surface area contributed by atoms with Crippen molar-refractivity contribution in [3.05, 3.63) is 24.4 Å². The smallest absolute Gasteiger partial charge is 0.410 e. The van der Waals surface area contributed by atoms with Crippen molar-refractivity contribution in [2.75, 3.05) is 19.6 Å². The van der Waals surface area contributed by atoms with E-state index in [0.717, 1.165) is 23.7 Å². The monoisotopic (exact) mass is 400 g/mol. The number of rotatable bonds is 3. The molecule has 2 aromatic rings. The number of hydrogen-bond acceptors (Lipinski definition) is 5. The summed E-state index contributed by atoms with van der Waals surface area (Å²) < 4.78 is 11.4. The van der Waals surface area contributed by atoms with E-state index in [9.17, 15) is 9.59 Å². The molecule has 0 saturated carbocycles. The molecule has 0 unspecified atom stereocenters. The van der Waals surface area contributed by atoms with Crippen molar-refractivity contribution < 1.29 is 19.1 Å². The fourth-order valence-corrected chi connectivity index (χ4v) is 3.99. The standard InChI is InChI=1S/C21H28N4O4/c1-21(2,3)29-20(27)24-9-6-15(7-10-24)25-11-8-18(19(25)26)28-16-4-5-17-14(12-16)13-22-23-17/h4-5,12-13,15,18H,6-11H2,1-3H3,(H,22,23)/t18-/m0/s1. The van der Waals surface area contributed by atoms with Gasteiger partial charge in [0.05, 0.1) is 11.7 Å².